The summed E-state index contributed by atoms with van der Waals surface area (Å²) in [4.78, 5) is 10.1. The maximum atomic E-state index is 10.1. The Morgan fingerprint density at radius 3 is 2.40 bits per heavy atom. The molecule has 0 spiro atoms. The molecule has 0 heterocycles. The van der Waals surface area contributed by atoms with Gasteiger partial charge in [0.05, 0.1) is 12.0 Å². The Bertz CT molecular complexity index is 151. The summed E-state index contributed by atoms with van der Waals surface area (Å²) < 4.78 is 0. The van der Waals surface area contributed by atoms with Crippen LogP contribution in [0.5, 0.6) is 0 Å². The largest absolute Gasteiger partial charge is 0.480 e. The van der Waals surface area contributed by atoms with Crippen molar-refractivity contribution >= 4 is 25.3 Å². The average Bonchev–Trinajstić information content (AvgIpc) is 2.16. The van der Waals surface area contributed by atoms with E-state index in [1.165, 1.54) is 0 Å². The molecule has 0 aromatic heterocycles. The van der Waals surface area contributed by atoms with Crippen LogP contribution in [0.25, 0.3) is 0 Å². The van der Waals surface area contributed by atoms with Crippen LogP contribution in [0.3, 0.4) is 0 Å². The smallest absolute Gasteiger partial charge is 0.432 e. The Morgan fingerprint density at radius 1 is 1.47 bits per heavy atom. The molecule has 15 heavy (non-hydrogen) atoms. The van der Waals surface area contributed by atoms with E-state index in [0.29, 0.717) is 0 Å². The van der Waals surface area contributed by atoms with Gasteiger partial charge in [-0.3, -0.25) is 10.1 Å². The second-order valence-electron chi connectivity index (χ2n) is 2.88. The molecule has 0 aromatic rings. The molecule has 0 aliphatic carbocycles. The van der Waals surface area contributed by atoms with E-state index in [2.05, 4.69) is 12.2 Å². The molecule has 0 saturated heterocycles. The molecule has 0 rings (SSSR count). The van der Waals surface area contributed by atoms with Crippen LogP contribution in [0.15, 0.2) is 0 Å². The quantitative estimate of drug-likeness (QED) is 0.218. The van der Waals surface area contributed by atoms with Crippen molar-refractivity contribution < 1.29 is 19.9 Å². The van der Waals surface area contributed by atoms with Crippen molar-refractivity contribution in [1.82, 2.24) is 5.32 Å². The lowest BCUT2D eigenvalue weighted by Crippen LogP contribution is -2.29. The van der Waals surface area contributed by atoms with Crippen LogP contribution in [0.2, 0.25) is 0 Å². The molecule has 0 bridgehead atoms. The van der Waals surface area contributed by atoms with E-state index in [1.54, 1.807) is 0 Å². The second-order valence-corrected chi connectivity index (χ2v) is 3.41. The zero-order valence-corrected chi connectivity index (χ0v) is 9.70. The number of unbranched alkanes of at least 4 members (excludes halogenated alkanes) is 2. The summed E-state index contributed by atoms with van der Waals surface area (Å²) in [7, 11) is -0.750. The summed E-state index contributed by atoms with van der Waals surface area (Å²) in [5.74, 6) is -0.865. The lowest BCUT2D eigenvalue weighted by molar-refractivity contribution is -0.136. The Hall–Kier alpha value is -0.295. The molecule has 0 amide bonds. The monoisotopic (exact) mass is 239 g/mol. The maximum absolute atomic E-state index is 10.1. The predicted octanol–water partition coefficient (Wildman–Crippen LogP) is 0.0433. The molecule has 0 radical (unpaired) electrons. The highest BCUT2D eigenvalue weighted by atomic mass is 35.5. The van der Waals surface area contributed by atoms with Crippen molar-refractivity contribution in [2.24, 2.45) is 0 Å². The van der Waals surface area contributed by atoms with E-state index >= 15 is 0 Å². The Labute approximate surface area is 95.8 Å². The zero-order valence-electron chi connectivity index (χ0n) is 8.95. The molecule has 1 atom stereocenters. The predicted molar refractivity (Wildman–Crippen MR) is 61.0 cm³/mol. The van der Waals surface area contributed by atoms with E-state index in [-0.39, 0.29) is 12.0 Å². The fourth-order valence-electron chi connectivity index (χ4n) is 0.874. The van der Waals surface area contributed by atoms with Crippen molar-refractivity contribution in [3.05, 3.63) is 0 Å². The minimum absolute atomic E-state index is 0.0553. The molecule has 90 valence electrons. The van der Waals surface area contributed by atoms with E-state index in [0.717, 1.165) is 25.7 Å². The van der Waals surface area contributed by atoms with Gasteiger partial charge in [0.2, 0.25) is 0 Å². The average molecular weight is 240 g/mol. The van der Waals surface area contributed by atoms with Gasteiger partial charge in [-0.15, -0.1) is 11.6 Å². The summed E-state index contributed by atoms with van der Waals surface area (Å²) in [6.07, 6.45) is 4.19. The zero-order chi connectivity index (χ0) is 12.1. The van der Waals surface area contributed by atoms with Crippen LogP contribution in [-0.2, 0) is 4.79 Å². The van der Waals surface area contributed by atoms with Crippen molar-refractivity contribution in [1.29, 1.82) is 0 Å². The van der Waals surface area contributed by atoms with Gasteiger partial charge in [-0.1, -0.05) is 26.2 Å². The first kappa shape index (κ1) is 17.1. The summed E-state index contributed by atoms with van der Waals surface area (Å²) in [6.45, 7) is 2.06. The third-order valence-electron chi connectivity index (χ3n) is 1.54. The fourth-order valence-corrected chi connectivity index (χ4v) is 1.11. The van der Waals surface area contributed by atoms with Gasteiger partial charge in [-0.2, -0.15) is 0 Å². The topological polar surface area (TPSA) is 89.8 Å². The lowest BCUT2D eigenvalue weighted by atomic mass is 10.2. The number of aliphatic carboxylic acids is 1. The van der Waals surface area contributed by atoms with E-state index < -0.39 is 13.7 Å². The fraction of sp³-hybridized carbons (Fsp3) is 0.875. The number of hydrogen-bond donors (Lipinski definition) is 4. The van der Waals surface area contributed by atoms with Crippen LogP contribution >= 0.6 is 11.6 Å². The Morgan fingerprint density at radius 2 is 2.00 bits per heavy atom. The summed E-state index contributed by atoms with van der Waals surface area (Å²) in [5.41, 5.74) is -0.201. The molecule has 0 aliphatic rings. The van der Waals surface area contributed by atoms with Crippen molar-refractivity contribution in [3.8, 4) is 0 Å². The molecular weight excluding hydrogens is 220 g/mol. The number of carboxylic acid groups (broad SMARTS) is 1. The molecule has 0 fully saturated rings. The number of rotatable bonds is 7. The molecule has 1 unspecified atom stereocenters. The Kier molecular flexibility index (Phi) is 15.6. The van der Waals surface area contributed by atoms with E-state index in [9.17, 15) is 4.79 Å². The van der Waals surface area contributed by atoms with Gasteiger partial charge in [0.15, 0.2) is 0 Å². The minimum atomic E-state index is -0.865. The van der Waals surface area contributed by atoms with E-state index in [4.69, 9.17) is 26.8 Å². The molecule has 5 nitrogen and oxygen atoms in total. The first-order valence-corrected chi connectivity index (χ1v) is 5.33. The molecule has 7 heteroatoms. The first-order chi connectivity index (χ1) is 7.08. The third kappa shape index (κ3) is 19.9. The number of carbonyl (C=O) groups is 1. The van der Waals surface area contributed by atoms with Crippen molar-refractivity contribution in [2.45, 2.75) is 38.1 Å². The van der Waals surface area contributed by atoms with Gasteiger partial charge >= 0.3 is 13.7 Å². The third-order valence-corrected chi connectivity index (χ3v) is 1.91. The van der Waals surface area contributed by atoms with Crippen LogP contribution < -0.4 is 5.32 Å². The Balaban J connectivity index is 0. The van der Waals surface area contributed by atoms with Gasteiger partial charge in [-0.25, -0.2) is 0 Å². The normalized spacial score (nSPS) is 11.2. The van der Waals surface area contributed by atoms with Crippen molar-refractivity contribution in [3.63, 3.8) is 0 Å². The maximum Gasteiger partial charge on any atom is 0.432 e. The minimum Gasteiger partial charge on any atom is -0.480 e. The first-order valence-electron chi connectivity index (χ1n) is 4.89. The van der Waals surface area contributed by atoms with Crippen LogP contribution in [0.1, 0.15) is 32.6 Å². The summed E-state index contributed by atoms with van der Waals surface area (Å²) in [5, 5.41) is 25.3. The van der Waals surface area contributed by atoms with Gasteiger partial charge in [0.25, 0.3) is 0 Å². The second kappa shape index (κ2) is 13.7. The standard InChI is InChI=1S/C8H16ClNO2.BH3O2/c1-2-3-4-5-7(9)10-6-8(11)12;2-1-3/h7,10H,2-6H2,1H3,(H,11,12);1-3H. The van der Waals surface area contributed by atoms with Gasteiger partial charge in [-0.05, 0) is 6.42 Å². The highest BCUT2D eigenvalue weighted by Gasteiger charge is 2.04. The summed E-state index contributed by atoms with van der Waals surface area (Å²) >= 11 is 5.79. The number of alkyl halides is 1. The molecule has 0 saturated carbocycles. The highest BCUT2D eigenvalue weighted by Crippen LogP contribution is 2.05. The number of halogens is 1. The SMILES string of the molecule is CCCCCC(Cl)NCC(=O)O.OBO. The number of carboxylic acids is 1. The summed E-state index contributed by atoms with van der Waals surface area (Å²) in [6, 6.07) is 0. The lowest BCUT2D eigenvalue weighted by Gasteiger charge is -2.08. The van der Waals surface area contributed by atoms with Crippen LogP contribution in [-0.4, -0.2) is 40.9 Å². The van der Waals surface area contributed by atoms with Gasteiger partial charge < -0.3 is 15.2 Å². The molecule has 0 aliphatic heterocycles. The van der Waals surface area contributed by atoms with Crippen molar-refractivity contribution in [2.75, 3.05) is 6.54 Å². The van der Waals surface area contributed by atoms with Gasteiger partial charge in [0, 0.05) is 0 Å². The van der Waals surface area contributed by atoms with E-state index in [1.807, 2.05) is 0 Å². The number of nitrogens with one attached hydrogen (secondary N) is 1. The molecule has 4 N–H and O–H groups in total. The van der Waals surface area contributed by atoms with Gasteiger partial charge in [0.1, 0.15) is 0 Å². The highest BCUT2D eigenvalue weighted by molar-refractivity contribution is 6.20. The van der Waals surface area contributed by atoms with Crippen LogP contribution in [0, 0.1) is 0 Å². The van der Waals surface area contributed by atoms with Crippen LogP contribution in [0.4, 0.5) is 0 Å². The number of hydrogen-bond acceptors (Lipinski definition) is 4. The molecular formula is C8H19BClNO4. The molecule has 0 aromatic carbocycles.